The summed E-state index contributed by atoms with van der Waals surface area (Å²) in [6.07, 6.45) is 6.72. The average molecular weight is 356 g/mol. The highest BCUT2D eigenvalue weighted by Crippen LogP contribution is 2.23. The number of H-pyrrole nitrogens is 1. The van der Waals surface area contributed by atoms with Gasteiger partial charge in [-0.15, -0.1) is 0 Å². The van der Waals surface area contributed by atoms with Gasteiger partial charge in [0.1, 0.15) is 23.6 Å². The molecule has 0 fully saturated rings. The first-order valence-electron chi connectivity index (χ1n) is 8.64. The minimum Gasteiger partial charge on any atom is -0.364 e. The highest BCUT2D eigenvalue weighted by molar-refractivity contribution is 5.93. The highest BCUT2D eigenvalue weighted by atomic mass is 19.1. The average Bonchev–Trinajstić information content (AvgIpc) is 3.33. The smallest absolute Gasteiger partial charge is 0.184 e. The van der Waals surface area contributed by atoms with E-state index in [0.29, 0.717) is 29.2 Å². The van der Waals surface area contributed by atoms with Crippen LogP contribution >= 0.6 is 0 Å². The van der Waals surface area contributed by atoms with Crippen molar-refractivity contribution in [3.8, 4) is 11.3 Å². The zero-order chi connectivity index (χ0) is 18.4. The van der Waals surface area contributed by atoms with Crippen LogP contribution in [0.2, 0.25) is 0 Å². The molecule has 3 aromatic rings. The van der Waals surface area contributed by atoms with Gasteiger partial charge in [0, 0.05) is 18.1 Å². The third-order valence-corrected chi connectivity index (χ3v) is 4.25. The minimum atomic E-state index is -0.298. The van der Waals surface area contributed by atoms with Gasteiger partial charge < -0.3 is 15.2 Å². The Morgan fingerprint density at radius 2 is 2.08 bits per heavy atom. The van der Waals surface area contributed by atoms with Crippen molar-refractivity contribution in [3.05, 3.63) is 60.1 Å². The van der Waals surface area contributed by atoms with Crippen LogP contribution in [-0.2, 0) is 0 Å². The van der Waals surface area contributed by atoms with Gasteiger partial charge in [-0.2, -0.15) is 0 Å². The largest absolute Gasteiger partial charge is 0.364 e. The maximum Gasteiger partial charge on any atom is 0.184 e. The summed E-state index contributed by atoms with van der Waals surface area (Å²) in [4.78, 5) is 19.2. The molecule has 0 saturated carbocycles. The molecule has 2 aromatic heterocycles. The Hall–Kier alpha value is -2.80. The van der Waals surface area contributed by atoms with Crippen molar-refractivity contribution in [3.63, 3.8) is 0 Å². The van der Waals surface area contributed by atoms with Crippen molar-refractivity contribution in [2.75, 3.05) is 0 Å². The lowest BCUT2D eigenvalue weighted by Crippen LogP contribution is -2.12. The van der Waals surface area contributed by atoms with Crippen molar-refractivity contribution < 1.29 is 13.7 Å². The molecule has 1 atom stereocenters. The van der Waals surface area contributed by atoms with Crippen LogP contribution in [0.15, 0.2) is 47.3 Å². The summed E-state index contributed by atoms with van der Waals surface area (Å²) in [5.41, 5.74) is 7.63. The molecule has 26 heavy (non-hydrogen) atoms. The van der Waals surface area contributed by atoms with Crippen LogP contribution in [-0.4, -0.2) is 20.9 Å². The predicted molar refractivity (Wildman–Crippen MR) is 94.8 cm³/mol. The monoisotopic (exact) mass is 356 g/mol. The van der Waals surface area contributed by atoms with Gasteiger partial charge in [0.2, 0.25) is 0 Å². The second-order valence-corrected chi connectivity index (χ2v) is 6.18. The molecule has 3 N–H and O–H groups in total. The topological polar surface area (TPSA) is 97.8 Å². The number of Topliss-reactive ketones (excluding diaryl/α,β-unsaturated/α-hetero) is 1. The number of ketones is 1. The van der Waals surface area contributed by atoms with Crippen LogP contribution in [0.5, 0.6) is 0 Å². The van der Waals surface area contributed by atoms with Gasteiger partial charge in [-0.05, 0) is 25.0 Å². The number of aromatic amines is 1. The third-order valence-electron chi connectivity index (χ3n) is 4.25. The van der Waals surface area contributed by atoms with E-state index in [1.54, 1.807) is 30.5 Å². The summed E-state index contributed by atoms with van der Waals surface area (Å²) < 4.78 is 18.5. The second kappa shape index (κ2) is 8.53. The molecule has 7 heteroatoms. The summed E-state index contributed by atoms with van der Waals surface area (Å²) in [5, 5.41) is 3.63. The van der Waals surface area contributed by atoms with E-state index < -0.39 is 0 Å². The normalized spacial score (nSPS) is 12.2. The quantitative estimate of drug-likeness (QED) is 0.445. The van der Waals surface area contributed by atoms with Gasteiger partial charge in [-0.1, -0.05) is 30.1 Å². The number of hydrogen-bond donors (Lipinski definition) is 2. The fourth-order valence-corrected chi connectivity index (χ4v) is 2.79. The van der Waals surface area contributed by atoms with Crippen molar-refractivity contribution in [1.29, 1.82) is 0 Å². The summed E-state index contributed by atoms with van der Waals surface area (Å²) in [7, 11) is 0. The van der Waals surface area contributed by atoms with Gasteiger partial charge >= 0.3 is 0 Å². The summed E-state index contributed by atoms with van der Waals surface area (Å²) in [6, 6.07) is 7.86. The number of nitrogens with zero attached hydrogens (tertiary/aromatic N) is 2. The maximum atomic E-state index is 13.8. The predicted octanol–water partition coefficient (Wildman–Crippen LogP) is 4.04. The number of halogens is 1. The molecule has 6 nitrogen and oxygen atoms in total. The second-order valence-electron chi connectivity index (χ2n) is 6.18. The molecular weight excluding hydrogens is 335 g/mol. The molecule has 0 bridgehead atoms. The number of rotatable bonds is 9. The first-order valence-corrected chi connectivity index (χ1v) is 8.64. The number of aromatic nitrogens is 3. The van der Waals surface area contributed by atoms with Gasteiger partial charge in [0.25, 0.3) is 0 Å². The molecule has 0 aliphatic carbocycles. The Kier molecular flexibility index (Phi) is 5.91. The number of carbonyl (C=O) groups is 1. The lowest BCUT2D eigenvalue weighted by Gasteiger charge is -2.08. The van der Waals surface area contributed by atoms with E-state index in [1.165, 1.54) is 12.3 Å². The van der Waals surface area contributed by atoms with Crippen LogP contribution < -0.4 is 5.73 Å². The Balaban J connectivity index is 1.43. The number of nitrogens with one attached hydrogen (secondary N) is 1. The Bertz CT molecular complexity index is 845. The van der Waals surface area contributed by atoms with Gasteiger partial charge in [-0.3, -0.25) is 4.79 Å². The Morgan fingerprint density at radius 3 is 2.85 bits per heavy atom. The molecule has 0 saturated heterocycles. The Morgan fingerprint density at radius 1 is 1.23 bits per heavy atom. The number of hydrogen-bond acceptors (Lipinski definition) is 5. The lowest BCUT2D eigenvalue weighted by atomic mass is 10.1. The van der Waals surface area contributed by atoms with E-state index in [9.17, 15) is 9.18 Å². The van der Waals surface area contributed by atoms with Gasteiger partial charge in [-0.25, -0.2) is 9.37 Å². The number of benzene rings is 1. The molecule has 3 rings (SSSR count). The molecule has 0 amide bonds. The van der Waals surface area contributed by atoms with Crippen molar-refractivity contribution in [2.45, 2.75) is 38.1 Å². The van der Waals surface area contributed by atoms with Crippen molar-refractivity contribution in [2.24, 2.45) is 5.73 Å². The molecule has 0 aliphatic heterocycles. The van der Waals surface area contributed by atoms with Crippen molar-refractivity contribution >= 4 is 5.78 Å². The van der Waals surface area contributed by atoms with Crippen LogP contribution in [0, 0.1) is 5.82 Å². The molecule has 0 unspecified atom stereocenters. The molecular formula is C19H21FN4O2. The summed E-state index contributed by atoms with van der Waals surface area (Å²) in [5.74, 6) is 0.332. The van der Waals surface area contributed by atoms with Crippen LogP contribution in [0.25, 0.3) is 11.3 Å². The van der Waals surface area contributed by atoms with Crippen LogP contribution in [0.3, 0.4) is 0 Å². The van der Waals surface area contributed by atoms with E-state index in [0.717, 1.165) is 25.7 Å². The standard InChI is InChI=1S/C19H21FN4O2/c20-14-7-5-4-6-13(14)17-12-22-19(23-17)15(21)8-2-1-3-9-18(25)16-10-11-26-24-16/h4-7,10-12,15H,1-3,8-9,21H2,(H,22,23)/t15-/m0/s1. The van der Waals surface area contributed by atoms with E-state index in [1.807, 2.05) is 0 Å². The fraction of sp³-hybridized carbons (Fsp3) is 0.316. The molecule has 0 aliphatic rings. The highest BCUT2D eigenvalue weighted by Gasteiger charge is 2.13. The summed E-state index contributed by atoms with van der Waals surface area (Å²) >= 11 is 0. The zero-order valence-electron chi connectivity index (χ0n) is 14.3. The number of carbonyl (C=O) groups excluding carboxylic acids is 1. The molecule has 0 spiro atoms. The van der Waals surface area contributed by atoms with Gasteiger partial charge in [0.05, 0.1) is 17.9 Å². The van der Waals surface area contributed by atoms with E-state index >= 15 is 0 Å². The van der Waals surface area contributed by atoms with E-state index in [2.05, 4.69) is 19.6 Å². The zero-order valence-corrected chi connectivity index (χ0v) is 14.3. The SMILES string of the molecule is N[C@@H](CCCCCC(=O)c1ccon1)c1ncc(-c2ccccc2F)[nH]1. The number of nitrogens with two attached hydrogens (primary N) is 1. The Labute approximate surface area is 150 Å². The minimum absolute atomic E-state index is 0.0105. The lowest BCUT2D eigenvalue weighted by molar-refractivity contribution is 0.0970. The molecule has 0 radical (unpaired) electrons. The molecule has 136 valence electrons. The molecule has 1 aromatic carbocycles. The molecule has 2 heterocycles. The summed E-state index contributed by atoms with van der Waals surface area (Å²) in [6.45, 7) is 0. The third kappa shape index (κ3) is 4.43. The van der Waals surface area contributed by atoms with Crippen LogP contribution in [0.1, 0.15) is 54.5 Å². The number of unbranched alkanes of at least 4 members (excludes halogenated alkanes) is 2. The van der Waals surface area contributed by atoms with Gasteiger partial charge in [0.15, 0.2) is 5.78 Å². The fourth-order valence-electron chi connectivity index (χ4n) is 2.79. The first kappa shape index (κ1) is 18.0. The van der Waals surface area contributed by atoms with Crippen molar-refractivity contribution in [1.82, 2.24) is 15.1 Å². The first-order chi connectivity index (χ1) is 12.6. The van der Waals surface area contributed by atoms with Crippen LogP contribution in [0.4, 0.5) is 4.39 Å². The van der Waals surface area contributed by atoms with E-state index in [4.69, 9.17) is 5.73 Å². The van der Waals surface area contributed by atoms with E-state index in [-0.39, 0.29) is 17.6 Å². The maximum absolute atomic E-state index is 13.8. The number of imidazole rings is 1.